The number of fused-ring (bicyclic) bond motifs is 1. The van der Waals surface area contributed by atoms with Crippen molar-refractivity contribution in [2.75, 3.05) is 5.73 Å². The molecule has 1 saturated carbocycles. The molecule has 1 fully saturated rings. The summed E-state index contributed by atoms with van der Waals surface area (Å²) in [6.45, 7) is 11.3. The van der Waals surface area contributed by atoms with Gasteiger partial charge in [0, 0.05) is 23.8 Å². The topological polar surface area (TPSA) is 30.9 Å². The Kier molecular flexibility index (Phi) is 6.63. The van der Waals surface area contributed by atoms with Crippen LogP contribution in [0.1, 0.15) is 65.4 Å². The van der Waals surface area contributed by atoms with Crippen molar-refractivity contribution in [3.05, 3.63) is 30.0 Å². The first-order valence-electron chi connectivity index (χ1n) is 8.18. The second-order valence-electron chi connectivity index (χ2n) is 4.83. The van der Waals surface area contributed by atoms with E-state index < -0.39 is 0 Å². The van der Waals surface area contributed by atoms with E-state index in [1.807, 2.05) is 27.7 Å². The fourth-order valence-electron chi connectivity index (χ4n) is 2.54. The van der Waals surface area contributed by atoms with Gasteiger partial charge in [0.15, 0.2) is 0 Å². The zero-order valence-corrected chi connectivity index (χ0v) is 13.7. The lowest BCUT2D eigenvalue weighted by atomic mass is 10.1. The van der Waals surface area contributed by atoms with Gasteiger partial charge in [0.1, 0.15) is 0 Å². The maximum Gasteiger partial charge on any atom is 0.0517 e. The van der Waals surface area contributed by atoms with Crippen LogP contribution in [0.15, 0.2) is 24.4 Å². The molecule has 1 aromatic carbocycles. The molecule has 0 bridgehead atoms. The summed E-state index contributed by atoms with van der Waals surface area (Å²) in [5.41, 5.74) is 9.75. The summed E-state index contributed by atoms with van der Waals surface area (Å²) in [4.78, 5) is 0. The van der Waals surface area contributed by atoms with E-state index in [1.54, 1.807) is 0 Å². The number of hydrogen-bond acceptors (Lipinski definition) is 1. The van der Waals surface area contributed by atoms with Crippen LogP contribution in [0.4, 0.5) is 5.69 Å². The Morgan fingerprint density at radius 1 is 1.15 bits per heavy atom. The van der Waals surface area contributed by atoms with E-state index in [1.165, 1.54) is 35.7 Å². The molecule has 3 rings (SSSR count). The fraction of sp³-hybridized carbons (Fsp3) is 0.556. The molecule has 0 saturated heterocycles. The molecule has 2 nitrogen and oxygen atoms in total. The van der Waals surface area contributed by atoms with E-state index in [-0.39, 0.29) is 0 Å². The molecule has 2 N–H and O–H groups in total. The minimum atomic E-state index is 0.761. The Morgan fingerprint density at radius 3 is 2.35 bits per heavy atom. The Bertz CT molecular complexity index is 521. The Morgan fingerprint density at radius 2 is 1.80 bits per heavy atom. The molecule has 0 unspecified atom stereocenters. The number of nitrogens with two attached hydrogens (primary N) is 1. The molecule has 0 radical (unpaired) electrons. The summed E-state index contributed by atoms with van der Waals surface area (Å²) in [5, 5.41) is 1.30. The third-order valence-corrected chi connectivity index (χ3v) is 3.39. The van der Waals surface area contributed by atoms with E-state index in [0.717, 1.165) is 18.2 Å². The van der Waals surface area contributed by atoms with Crippen LogP contribution in [0.5, 0.6) is 0 Å². The zero-order valence-electron chi connectivity index (χ0n) is 13.7. The lowest BCUT2D eigenvalue weighted by Gasteiger charge is -2.09. The highest BCUT2D eigenvalue weighted by molar-refractivity contribution is 5.87. The van der Waals surface area contributed by atoms with Crippen LogP contribution in [0.2, 0.25) is 0 Å². The number of hydrogen-bond donors (Lipinski definition) is 1. The van der Waals surface area contributed by atoms with Crippen molar-refractivity contribution in [1.29, 1.82) is 0 Å². The van der Waals surface area contributed by atoms with Crippen molar-refractivity contribution >= 4 is 16.6 Å². The van der Waals surface area contributed by atoms with Gasteiger partial charge < -0.3 is 10.3 Å². The Hall–Kier alpha value is -1.44. The van der Waals surface area contributed by atoms with E-state index in [9.17, 15) is 0 Å². The second kappa shape index (κ2) is 7.98. The molecule has 0 spiro atoms. The molecule has 1 aliphatic rings. The average molecular weight is 274 g/mol. The number of nitrogen functional groups attached to an aromatic ring is 1. The van der Waals surface area contributed by atoms with Crippen molar-refractivity contribution in [3.63, 3.8) is 0 Å². The third-order valence-electron chi connectivity index (χ3n) is 3.39. The van der Waals surface area contributed by atoms with Gasteiger partial charge in [0.2, 0.25) is 0 Å². The van der Waals surface area contributed by atoms with Crippen LogP contribution in [0, 0.1) is 0 Å². The number of nitrogens with zero attached hydrogens (tertiary/aromatic N) is 1. The highest BCUT2D eigenvalue weighted by atomic mass is 15.0. The highest BCUT2D eigenvalue weighted by Crippen LogP contribution is 2.44. The first-order chi connectivity index (χ1) is 9.79. The van der Waals surface area contributed by atoms with Gasteiger partial charge in [-0.05, 0) is 48.9 Å². The van der Waals surface area contributed by atoms with Gasteiger partial charge >= 0.3 is 0 Å². The maximum atomic E-state index is 5.96. The molecular weight excluding hydrogens is 244 g/mol. The smallest absolute Gasteiger partial charge is 0.0517 e. The van der Waals surface area contributed by atoms with E-state index in [4.69, 9.17) is 5.73 Å². The molecular formula is C18H30N2. The van der Waals surface area contributed by atoms with Crippen molar-refractivity contribution in [3.8, 4) is 0 Å². The molecule has 1 aromatic heterocycles. The molecule has 20 heavy (non-hydrogen) atoms. The molecule has 2 aromatic rings. The molecule has 1 aliphatic carbocycles. The molecule has 0 aliphatic heterocycles. The molecule has 1 heterocycles. The zero-order chi connectivity index (χ0) is 15.1. The first kappa shape index (κ1) is 16.6. The third kappa shape index (κ3) is 3.56. The van der Waals surface area contributed by atoms with Crippen LogP contribution in [-0.2, 0) is 6.54 Å². The van der Waals surface area contributed by atoms with Crippen LogP contribution < -0.4 is 5.73 Å². The van der Waals surface area contributed by atoms with Gasteiger partial charge in [-0.2, -0.15) is 0 Å². The summed E-state index contributed by atoms with van der Waals surface area (Å²) in [5.74, 6) is 0.761. The van der Waals surface area contributed by atoms with Crippen molar-refractivity contribution in [2.45, 2.75) is 66.3 Å². The van der Waals surface area contributed by atoms with Crippen molar-refractivity contribution in [1.82, 2.24) is 4.57 Å². The van der Waals surface area contributed by atoms with Crippen molar-refractivity contribution in [2.24, 2.45) is 0 Å². The van der Waals surface area contributed by atoms with Gasteiger partial charge in [0.25, 0.3) is 0 Å². The van der Waals surface area contributed by atoms with Crippen LogP contribution in [0.25, 0.3) is 10.9 Å². The van der Waals surface area contributed by atoms with Gasteiger partial charge in [-0.25, -0.2) is 0 Å². The van der Waals surface area contributed by atoms with E-state index in [2.05, 4.69) is 35.9 Å². The standard InChI is InChI=1S/C14H18N2.2C2H6/c1-2-6-16-7-5-11-8-12(15)9-13(14(11)16)10-3-4-10;2*1-2/h5,7-10H,2-4,6,15H2,1H3;2*1-2H3. The van der Waals surface area contributed by atoms with Crippen LogP contribution in [0.3, 0.4) is 0 Å². The number of benzene rings is 1. The Balaban J connectivity index is 0.000000461. The maximum absolute atomic E-state index is 5.96. The molecule has 0 amide bonds. The summed E-state index contributed by atoms with van der Waals surface area (Å²) in [6.07, 6.45) is 6.03. The minimum Gasteiger partial charge on any atom is -0.399 e. The van der Waals surface area contributed by atoms with E-state index in [0.29, 0.717) is 0 Å². The minimum absolute atomic E-state index is 0.761. The SMILES string of the molecule is CC.CC.CCCn1ccc2cc(N)cc(C3CC3)c21. The predicted molar refractivity (Wildman–Crippen MR) is 91.3 cm³/mol. The molecule has 2 heteroatoms. The monoisotopic (exact) mass is 274 g/mol. The highest BCUT2D eigenvalue weighted by Gasteiger charge is 2.26. The normalized spacial score (nSPS) is 13.2. The van der Waals surface area contributed by atoms with Crippen molar-refractivity contribution < 1.29 is 0 Å². The summed E-state index contributed by atoms with van der Waals surface area (Å²) >= 11 is 0. The predicted octanol–water partition coefficient (Wildman–Crippen LogP) is 5.56. The van der Waals surface area contributed by atoms with Crippen LogP contribution in [-0.4, -0.2) is 4.57 Å². The first-order valence-corrected chi connectivity index (χ1v) is 8.18. The Labute approximate surface area is 124 Å². The largest absolute Gasteiger partial charge is 0.399 e. The number of aryl methyl sites for hydroxylation is 1. The lowest BCUT2D eigenvalue weighted by molar-refractivity contribution is 0.701. The summed E-state index contributed by atoms with van der Waals surface area (Å²) < 4.78 is 2.38. The van der Waals surface area contributed by atoms with Gasteiger partial charge in [-0.3, -0.25) is 0 Å². The summed E-state index contributed by atoms with van der Waals surface area (Å²) in [6, 6.07) is 6.45. The molecule has 0 atom stereocenters. The quantitative estimate of drug-likeness (QED) is 0.729. The average Bonchev–Trinajstić information content (AvgIpc) is 3.26. The van der Waals surface area contributed by atoms with E-state index >= 15 is 0 Å². The lowest BCUT2D eigenvalue weighted by Crippen LogP contribution is -1.98. The number of rotatable bonds is 3. The number of aromatic nitrogens is 1. The van der Waals surface area contributed by atoms with Gasteiger partial charge in [0.05, 0.1) is 5.52 Å². The number of anilines is 1. The van der Waals surface area contributed by atoms with Gasteiger partial charge in [-0.1, -0.05) is 34.6 Å². The summed E-state index contributed by atoms with van der Waals surface area (Å²) in [7, 11) is 0. The second-order valence-corrected chi connectivity index (χ2v) is 4.83. The fourth-order valence-corrected chi connectivity index (χ4v) is 2.54. The van der Waals surface area contributed by atoms with Crippen LogP contribution >= 0.6 is 0 Å². The van der Waals surface area contributed by atoms with Gasteiger partial charge in [-0.15, -0.1) is 0 Å². The molecule has 112 valence electrons.